The minimum atomic E-state index is 0.626. The van der Waals surface area contributed by atoms with Gasteiger partial charge in [-0.25, -0.2) is 0 Å². The van der Waals surface area contributed by atoms with Gasteiger partial charge in [-0.15, -0.1) is 0 Å². The van der Waals surface area contributed by atoms with Crippen LogP contribution in [-0.2, 0) is 13.1 Å². The minimum Gasteiger partial charge on any atom is -0.326 e. The lowest BCUT2D eigenvalue weighted by atomic mass is 10.1. The lowest BCUT2D eigenvalue weighted by molar-refractivity contribution is 0.402. The molecular weight excluding hydrogens is 148 g/mol. The standard InChI is InChI=1S/C10H16N2/c1-12(2)8-10-5-3-4-9(6-10)7-11/h3-6H,7-8,11H2,1-2H3. The van der Waals surface area contributed by atoms with Crippen LogP contribution in [0.5, 0.6) is 0 Å². The summed E-state index contributed by atoms with van der Waals surface area (Å²) in [6.45, 7) is 1.61. The molecule has 1 rings (SSSR count). The van der Waals surface area contributed by atoms with Crippen molar-refractivity contribution >= 4 is 0 Å². The van der Waals surface area contributed by atoms with Gasteiger partial charge in [0.25, 0.3) is 0 Å². The van der Waals surface area contributed by atoms with Crippen molar-refractivity contribution in [2.45, 2.75) is 13.1 Å². The Morgan fingerprint density at radius 1 is 1.25 bits per heavy atom. The van der Waals surface area contributed by atoms with Gasteiger partial charge < -0.3 is 10.6 Å². The van der Waals surface area contributed by atoms with Crippen molar-refractivity contribution in [3.05, 3.63) is 35.4 Å². The van der Waals surface area contributed by atoms with E-state index in [2.05, 4.69) is 43.3 Å². The molecule has 0 fully saturated rings. The molecule has 0 spiro atoms. The average molecular weight is 164 g/mol. The highest BCUT2D eigenvalue weighted by molar-refractivity contribution is 5.23. The number of rotatable bonds is 3. The highest BCUT2D eigenvalue weighted by atomic mass is 15.0. The van der Waals surface area contributed by atoms with E-state index < -0.39 is 0 Å². The fraction of sp³-hybridized carbons (Fsp3) is 0.400. The summed E-state index contributed by atoms with van der Waals surface area (Å²) in [4.78, 5) is 2.15. The summed E-state index contributed by atoms with van der Waals surface area (Å²) >= 11 is 0. The molecule has 0 heterocycles. The lowest BCUT2D eigenvalue weighted by Gasteiger charge is -2.09. The Morgan fingerprint density at radius 3 is 2.50 bits per heavy atom. The summed E-state index contributed by atoms with van der Waals surface area (Å²) in [6, 6.07) is 8.39. The molecule has 0 aliphatic rings. The molecule has 1 aromatic rings. The van der Waals surface area contributed by atoms with E-state index in [0.717, 1.165) is 6.54 Å². The molecule has 0 unspecified atom stereocenters. The second-order valence-electron chi connectivity index (χ2n) is 3.26. The Morgan fingerprint density at radius 2 is 1.92 bits per heavy atom. The first-order valence-electron chi connectivity index (χ1n) is 4.15. The van der Waals surface area contributed by atoms with Gasteiger partial charge in [0, 0.05) is 13.1 Å². The van der Waals surface area contributed by atoms with E-state index in [4.69, 9.17) is 5.73 Å². The first-order chi connectivity index (χ1) is 5.72. The maximum Gasteiger partial charge on any atom is 0.0227 e. The zero-order chi connectivity index (χ0) is 8.97. The van der Waals surface area contributed by atoms with Gasteiger partial charge in [-0.05, 0) is 25.2 Å². The summed E-state index contributed by atoms with van der Waals surface area (Å²) < 4.78 is 0. The third-order valence-electron chi connectivity index (χ3n) is 1.73. The zero-order valence-electron chi connectivity index (χ0n) is 7.75. The van der Waals surface area contributed by atoms with Crippen molar-refractivity contribution in [2.75, 3.05) is 14.1 Å². The summed E-state index contributed by atoms with van der Waals surface area (Å²) in [7, 11) is 4.13. The van der Waals surface area contributed by atoms with Crippen LogP contribution in [0.25, 0.3) is 0 Å². The molecular formula is C10H16N2. The van der Waals surface area contributed by atoms with E-state index in [9.17, 15) is 0 Å². The van der Waals surface area contributed by atoms with Crippen molar-refractivity contribution < 1.29 is 0 Å². The van der Waals surface area contributed by atoms with Gasteiger partial charge in [0.1, 0.15) is 0 Å². The van der Waals surface area contributed by atoms with Crippen molar-refractivity contribution in [3.8, 4) is 0 Å². The van der Waals surface area contributed by atoms with E-state index in [1.54, 1.807) is 0 Å². The topological polar surface area (TPSA) is 29.3 Å². The number of nitrogens with zero attached hydrogens (tertiary/aromatic N) is 1. The second kappa shape index (κ2) is 4.24. The molecule has 0 aromatic heterocycles. The van der Waals surface area contributed by atoms with Gasteiger partial charge >= 0.3 is 0 Å². The summed E-state index contributed by atoms with van der Waals surface area (Å²) in [5.74, 6) is 0. The summed E-state index contributed by atoms with van der Waals surface area (Å²) in [5, 5.41) is 0. The lowest BCUT2D eigenvalue weighted by Crippen LogP contribution is -2.11. The third-order valence-corrected chi connectivity index (χ3v) is 1.73. The van der Waals surface area contributed by atoms with Gasteiger partial charge in [-0.2, -0.15) is 0 Å². The van der Waals surface area contributed by atoms with Gasteiger partial charge in [0.2, 0.25) is 0 Å². The highest BCUT2D eigenvalue weighted by Gasteiger charge is 1.95. The Balaban J connectivity index is 2.72. The molecule has 0 aliphatic heterocycles. The van der Waals surface area contributed by atoms with E-state index in [0.29, 0.717) is 6.54 Å². The fourth-order valence-corrected chi connectivity index (χ4v) is 1.22. The fourth-order valence-electron chi connectivity index (χ4n) is 1.22. The van der Waals surface area contributed by atoms with Crippen LogP contribution in [0, 0.1) is 0 Å². The zero-order valence-corrected chi connectivity index (χ0v) is 7.75. The summed E-state index contributed by atoms with van der Waals surface area (Å²) in [6.07, 6.45) is 0. The van der Waals surface area contributed by atoms with Crippen LogP contribution < -0.4 is 5.73 Å². The first-order valence-corrected chi connectivity index (χ1v) is 4.15. The molecule has 0 amide bonds. The summed E-state index contributed by atoms with van der Waals surface area (Å²) in [5.41, 5.74) is 8.06. The number of hydrogen-bond donors (Lipinski definition) is 1. The predicted octanol–water partition coefficient (Wildman–Crippen LogP) is 1.21. The van der Waals surface area contributed by atoms with Crippen molar-refractivity contribution in [2.24, 2.45) is 5.73 Å². The van der Waals surface area contributed by atoms with Crippen LogP contribution in [-0.4, -0.2) is 19.0 Å². The monoisotopic (exact) mass is 164 g/mol. The Bertz CT molecular complexity index is 243. The Hall–Kier alpha value is -0.860. The molecule has 12 heavy (non-hydrogen) atoms. The van der Waals surface area contributed by atoms with Crippen LogP contribution in [0.4, 0.5) is 0 Å². The molecule has 0 bridgehead atoms. The number of nitrogens with two attached hydrogens (primary N) is 1. The predicted molar refractivity (Wildman–Crippen MR) is 51.7 cm³/mol. The second-order valence-corrected chi connectivity index (χ2v) is 3.26. The molecule has 0 saturated carbocycles. The molecule has 2 nitrogen and oxygen atoms in total. The maximum atomic E-state index is 5.54. The number of benzene rings is 1. The van der Waals surface area contributed by atoms with Gasteiger partial charge in [-0.1, -0.05) is 24.3 Å². The number of hydrogen-bond acceptors (Lipinski definition) is 2. The normalized spacial score (nSPS) is 10.7. The smallest absolute Gasteiger partial charge is 0.0227 e. The highest BCUT2D eigenvalue weighted by Crippen LogP contribution is 2.05. The van der Waals surface area contributed by atoms with Crippen LogP contribution in [0.1, 0.15) is 11.1 Å². The van der Waals surface area contributed by atoms with Crippen molar-refractivity contribution in [3.63, 3.8) is 0 Å². The first kappa shape index (κ1) is 9.23. The van der Waals surface area contributed by atoms with Crippen LogP contribution in [0.2, 0.25) is 0 Å². The largest absolute Gasteiger partial charge is 0.326 e. The molecule has 0 aliphatic carbocycles. The van der Waals surface area contributed by atoms with E-state index in [1.165, 1.54) is 11.1 Å². The molecule has 66 valence electrons. The van der Waals surface area contributed by atoms with Crippen LogP contribution in [0.15, 0.2) is 24.3 Å². The van der Waals surface area contributed by atoms with E-state index >= 15 is 0 Å². The molecule has 2 N–H and O–H groups in total. The van der Waals surface area contributed by atoms with Gasteiger partial charge in [0.05, 0.1) is 0 Å². The van der Waals surface area contributed by atoms with Crippen LogP contribution in [0.3, 0.4) is 0 Å². The van der Waals surface area contributed by atoms with Crippen molar-refractivity contribution in [1.29, 1.82) is 0 Å². The van der Waals surface area contributed by atoms with E-state index in [1.807, 2.05) is 0 Å². The molecule has 0 atom stereocenters. The Labute approximate surface area is 74.0 Å². The van der Waals surface area contributed by atoms with Crippen LogP contribution >= 0.6 is 0 Å². The molecule has 0 radical (unpaired) electrons. The minimum absolute atomic E-state index is 0.626. The average Bonchev–Trinajstić information content (AvgIpc) is 2.03. The molecule has 0 saturated heterocycles. The van der Waals surface area contributed by atoms with E-state index in [-0.39, 0.29) is 0 Å². The molecule has 1 aromatic carbocycles. The van der Waals surface area contributed by atoms with Gasteiger partial charge in [-0.3, -0.25) is 0 Å². The Kier molecular flexibility index (Phi) is 3.26. The SMILES string of the molecule is CN(C)Cc1cccc(CN)c1. The van der Waals surface area contributed by atoms with Crippen molar-refractivity contribution in [1.82, 2.24) is 4.90 Å². The third kappa shape index (κ3) is 2.64. The maximum absolute atomic E-state index is 5.54. The molecule has 2 heteroatoms. The van der Waals surface area contributed by atoms with Gasteiger partial charge in [0.15, 0.2) is 0 Å². The quantitative estimate of drug-likeness (QED) is 0.727.